The highest BCUT2D eigenvalue weighted by Crippen LogP contribution is 2.25. The Morgan fingerprint density at radius 2 is 2.19 bits per heavy atom. The van der Waals surface area contributed by atoms with Gasteiger partial charge in [0, 0.05) is 13.7 Å². The summed E-state index contributed by atoms with van der Waals surface area (Å²) >= 11 is 0. The molecule has 0 radical (unpaired) electrons. The second kappa shape index (κ2) is 6.77. The number of piperidine rings is 1. The molecule has 1 aliphatic heterocycles. The molecule has 1 fully saturated rings. The van der Waals surface area contributed by atoms with Gasteiger partial charge in [0.1, 0.15) is 11.5 Å². The minimum absolute atomic E-state index is 0.0456. The van der Waals surface area contributed by atoms with Crippen molar-refractivity contribution in [3.05, 3.63) is 20.8 Å². The number of hydrogen-bond acceptors (Lipinski definition) is 6. The molecule has 1 unspecified atom stereocenters. The van der Waals surface area contributed by atoms with Crippen molar-refractivity contribution in [3.63, 3.8) is 0 Å². The summed E-state index contributed by atoms with van der Waals surface area (Å²) in [6.45, 7) is 1.18. The van der Waals surface area contributed by atoms with Gasteiger partial charge in [-0.25, -0.2) is 4.79 Å². The maximum absolute atomic E-state index is 12.1. The Kier molecular flexibility index (Phi) is 5.03. The normalized spacial score (nSPS) is 19.0. The van der Waals surface area contributed by atoms with Crippen molar-refractivity contribution < 1.29 is 9.84 Å². The third-order valence-electron chi connectivity index (χ3n) is 3.86. The molecule has 0 spiro atoms. The van der Waals surface area contributed by atoms with Crippen LogP contribution in [-0.4, -0.2) is 47.6 Å². The third-order valence-corrected chi connectivity index (χ3v) is 3.86. The molecule has 1 aromatic rings. The van der Waals surface area contributed by atoms with Crippen molar-refractivity contribution in [2.24, 2.45) is 0 Å². The number of methoxy groups -OCH3 is 1. The fourth-order valence-corrected chi connectivity index (χ4v) is 2.74. The lowest BCUT2D eigenvalue weighted by atomic mass is 10.0. The van der Waals surface area contributed by atoms with Gasteiger partial charge in [-0.05, 0) is 19.3 Å². The third kappa shape index (κ3) is 3.11. The van der Waals surface area contributed by atoms with Crippen molar-refractivity contribution in [1.82, 2.24) is 9.55 Å². The average molecular weight is 298 g/mol. The molecule has 118 valence electrons. The van der Waals surface area contributed by atoms with Crippen LogP contribution in [0.15, 0.2) is 9.59 Å². The zero-order valence-electron chi connectivity index (χ0n) is 12.2. The SMILES string of the molecule is COCCn1c(N)c(N2CCCCC2CO)c(=O)[nH]c1=O. The molecular weight excluding hydrogens is 276 g/mol. The van der Waals surface area contributed by atoms with Gasteiger partial charge in [0.2, 0.25) is 0 Å². The predicted octanol–water partition coefficient (Wildman–Crippen LogP) is -0.884. The van der Waals surface area contributed by atoms with E-state index >= 15 is 0 Å². The van der Waals surface area contributed by atoms with Gasteiger partial charge in [0.25, 0.3) is 5.56 Å². The van der Waals surface area contributed by atoms with Gasteiger partial charge in [-0.15, -0.1) is 0 Å². The van der Waals surface area contributed by atoms with Gasteiger partial charge in [0.05, 0.1) is 25.8 Å². The highest BCUT2D eigenvalue weighted by Gasteiger charge is 2.27. The van der Waals surface area contributed by atoms with Gasteiger partial charge in [-0.2, -0.15) is 0 Å². The summed E-state index contributed by atoms with van der Waals surface area (Å²) in [6, 6.07) is -0.143. The number of hydrogen-bond donors (Lipinski definition) is 3. The van der Waals surface area contributed by atoms with Gasteiger partial charge in [-0.3, -0.25) is 14.3 Å². The summed E-state index contributed by atoms with van der Waals surface area (Å²) in [5, 5.41) is 9.49. The van der Waals surface area contributed by atoms with Crippen LogP contribution < -0.4 is 21.9 Å². The first-order valence-electron chi connectivity index (χ1n) is 7.09. The van der Waals surface area contributed by atoms with E-state index in [1.54, 1.807) is 4.90 Å². The molecule has 1 saturated heterocycles. The number of rotatable bonds is 5. The lowest BCUT2D eigenvalue weighted by Gasteiger charge is -2.36. The van der Waals surface area contributed by atoms with Crippen molar-refractivity contribution in [2.75, 3.05) is 37.5 Å². The first-order valence-corrected chi connectivity index (χ1v) is 7.09. The van der Waals surface area contributed by atoms with E-state index in [9.17, 15) is 14.7 Å². The van der Waals surface area contributed by atoms with E-state index < -0.39 is 11.2 Å². The Hall–Kier alpha value is -1.80. The Labute approximate surface area is 122 Å². The lowest BCUT2D eigenvalue weighted by molar-refractivity contribution is 0.186. The number of aliphatic hydroxyl groups excluding tert-OH is 1. The summed E-state index contributed by atoms with van der Waals surface area (Å²) in [7, 11) is 1.53. The number of nitrogens with one attached hydrogen (secondary N) is 1. The number of aromatic nitrogens is 2. The van der Waals surface area contributed by atoms with Crippen LogP contribution in [0.4, 0.5) is 11.5 Å². The maximum atomic E-state index is 12.1. The smallest absolute Gasteiger partial charge is 0.330 e. The number of nitrogens with zero attached hydrogens (tertiary/aromatic N) is 2. The fraction of sp³-hybridized carbons (Fsp3) is 0.692. The summed E-state index contributed by atoms with van der Waals surface area (Å²) < 4.78 is 6.25. The second-order valence-electron chi connectivity index (χ2n) is 5.16. The highest BCUT2D eigenvalue weighted by molar-refractivity contribution is 5.63. The van der Waals surface area contributed by atoms with Crippen LogP contribution in [0.5, 0.6) is 0 Å². The molecule has 2 rings (SSSR count). The van der Waals surface area contributed by atoms with Crippen molar-refractivity contribution in [2.45, 2.75) is 31.8 Å². The zero-order chi connectivity index (χ0) is 15.4. The maximum Gasteiger partial charge on any atom is 0.330 e. The Balaban J connectivity index is 2.47. The van der Waals surface area contributed by atoms with Crippen LogP contribution in [-0.2, 0) is 11.3 Å². The van der Waals surface area contributed by atoms with Crippen LogP contribution in [0.3, 0.4) is 0 Å². The molecule has 0 bridgehead atoms. The molecule has 1 atom stereocenters. The molecule has 0 aliphatic carbocycles. The van der Waals surface area contributed by atoms with Crippen molar-refractivity contribution in [3.8, 4) is 0 Å². The summed E-state index contributed by atoms with van der Waals surface area (Å²) in [4.78, 5) is 28.1. The monoisotopic (exact) mass is 298 g/mol. The molecular formula is C13H22N4O4. The Bertz CT molecular complexity index is 595. The van der Waals surface area contributed by atoms with Gasteiger partial charge < -0.3 is 20.5 Å². The topological polar surface area (TPSA) is 114 Å². The minimum atomic E-state index is -0.546. The van der Waals surface area contributed by atoms with Crippen LogP contribution in [0.2, 0.25) is 0 Å². The van der Waals surface area contributed by atoms with E-state index in [-0.39, 0.29) is 30.7 Å². The fourth-order valence-electron chi connectivity index (χ4n) is 2.74. The van der Waals surface area contributed by atoms with Gasteiger partial charge >= 0.3 is 5.69 Å². The van der Waals surface area contributed by atoms with Crippen LogP contribution in [0, 0.1) is 0 Å². The van der Waals surface area contributed by atoms with E-state index in [4.69, 9.17) is 10.5 Å². The quantitative estimate of drug-likeness (QED) is 0.650. The highest BCUT2D eigenvalue weighted by atomic mass is 16.5. The molecule has 8 nitrogen and oxygen atoms in total. The number of nitrogens with two attached hydrogens (primary N) is 1. The van der Waals surface area contributed by atoms with E-state index in [0.717, 1.165) is 19.3 Å². The Morgan fingerprint density at radius 1 is 1.43 bits per heavy atom. The first kappa shape index (κ1) is 15.6. The molecule has 8 heteroatoms. The van der Waals surface area contributed by atoms with E-state index in [1.807, 2.05) is 0 Å². The summed E-state index contributed by atoms with van der Waals surface area (Å²) in [6.07, 6.45) is 2.72. The number of ether oxygens (including phenoxy) is 1. The average Bonchev–Trinajstić information content (AvgIpc) is 2.47. The molecule has 1 aromatic heterocycles. The van der Waals surface area contributed by atoms with Gasteiger partial charge in [-0.1, -0.05) is 0 Å². The second-order valence-corrected chi connectivity index (χ2v) is 5.16. The molecule has 1 aliphatic rings. The summed E-state index contributed by atoms with van der Waals surface area (Å²) in [5.74, 6) is 0.126. The molecule has 0 saturated carbocycles. The predicted molar refractivity (Wildman–Crippen MR) is 79.7 cm³/mol. The standard InChI is InChI=1S/C13H22N4O4/c1-21-7-6-17-11(14)10(12(19)15-13(17)20)16-5-3-2-4-9(16)8-18/h9,18H,2-8,14H2,1H3,(H,15,19,20). The summed E-state index contributed by atoms with van der Waals surface area (Å²) in [5.41, 5.74) is 5.25. The number of nitrogen functional groups attached to an aromatic ring is 1. The number of aliphatic hydroxyl groups is 1. The number of H-pyrrole nitrogens is 1. The lowest BCUT2D eigenvalue weighted by Crippen LogP contribution is -2.47. The van der Waals surface area contributed by atoms with E-state index in [1.165, 1.54) is 11.7 Å². The van der Waals surface area contributed by atoms with E-state index in [2.05, 4.69) is 4.98 Å². The molecule has 21 heavy (non-hydrogen) atoms. The molecule has 4 N–H and O–H groups in total. The molecule has 0 aromatic carbocycles. The van der Waals surface area contributed by atoms with Crippen LogP contribution >= 0.6 is 0 Å². The number of aromatic amines is 1. The number of anilines is 2. The minimum Gasteiger partial charge on any atom is -0.394 e. The van der Waals surface area contributed by atoms with Crippen LogP contribution in [0.25, 0.3) is 0 Å². The molecule has 2 heterocycles. The van der Waals surface area contributed by atoms with Gasteiger partial charge in [0.15, 0.2) is 0 Å². The largest absolute Gasteiger partial charge is 0.394 e. The van der Waals surface area contributed by atoms with Crippen molar-refractivity contribution in [1.29, 1.82) is 0 Å². The van der Waals surface area contributed by atoms with Crippen molar-refractivity contribution >= 4 is 11.5 Å². The van der Waals surface area contributed by atoms with E-state index in [0.29, 0.717) is 13.2 Å². The molecule has 0 amide bonds. The first-order chi connectivity index (χ1) is 10.1. The Morgan fingerprint density at radius 3 is 2.86 bits per heavy atom. The van der Waals surface area contributed by atoms with Crippen LogP contribution in [0.1, 0.15) is 19.3 Å². The zero-order valence-corrected chi connectivity index (χ0v) is 12.2.